The summed E-state index contributed by atoms with van der Waals surface area (Å²) >= 11 is 0. The van der Waals surface area contributed by atoms with Gasteiger partial charge in [-0.25, -0.2) is 13.5 Å². The minimum Gasteiger partial charge on any atom is -0.497 e. The summed E-state index contributed by atoms with van der Waals surface area (Å²) in [5.74, 6) is -3.51. The highest BCUT2D eigenvalue weighted by Crippen LogP contribution is 2.45. The molecule has 0 saturated carbocycles. The van der Waals surface area contributed by atoms with Crippen LogP contribution in [0.25, 0.3) is 0 Å². The van der Waals surface area contributed by atoms with Crippen molar-refractivity contribution in [2.45, 2.75) is 31.0 Å². The molecule has 0 amide bonds. The second kappa shape index (κ2) is 7.93. The van der Waals surface area contributed by atoms with Crippen molar-refractivity contribution >= 4 is 11.7 Å². The lowest BCUT2D eigenvalue weighted by Gasteiger charge is -2.35. The maximum absolute atomic E-state index is 14.0. The molecule has 11 heteroatoms. The minimum absolute atomic E-state index is 0.0392. The molecule has 2 heterocycles. The van der Waals surface area contributed by atoms with Gasteiger partial charge < -0.3 is 10.1 Å². The van der Waals surface area contributed by atoms with E-state index in [2.05, 4.69) is 15.4 Å². The summed E-state index contributed by atoms with van der Waals surface area (Å²) in [6.07, 6.45) is -4.49. The molecule has 34 heavy (non-hydrogen) atoms. The largest absolute Gasteiger partial charge is 0.497 e. The van der Waals surface area contributed by atoms with E-state index in [1.54, 1.807) is 12.1 Å². The lowest BCUT2D eigenvalue weighted by molar-refractivity contribution is -0.145. The van der Waals surface area contributed by atoms with Crippen LogP contribution >= 0.6 is 0 Å². The first kappa shape index (κ1) is 22.1. The first-order valence-electron chi connectivity index (χ1n) is 10.3. The number of hydrogen-bond acceptors (Lipinski definition) is 5. The molecule has 1 aliphatic carbocycles. The Bertz CT molecular complexity index is 1290. The molecule has 0 radical (unpaired) electrons. The highest BCUT2D eigenvalue weighted by Gasteiger charge is 2.43. The lowest BCUT2D eigenvalue weighted by atomic mass is 9.78. The lowest BCUT2D eigenvalue weighted by Crippen LogP contribution is -2.33. The SMILES string of the molecule is COc1ccc(C2CC(=O)C3=C(C2)Nc2nc(C(F)(F)F)nn2C3c2cc(F)cc(F)c2)cc1. The number of ketones is 1. The van der Waals surface area contributed by atoms with Gasteiger partial charge in [-0.05, 0) is 47.7 Å². The minimum atomic E-state index is -4.85. The molecule has 0 bridgehead atoms. The molecule has 0 spiro atoms. The number of nitrogens with zero attached hydrogens (tertiary/aromatic N) is 3. The fourth-order valence-electron chi connectivity index (χ4n) is 4.49. The van der Waals surface area contributed by atoms with Gasteiger partial charge in [0.2, 0.25) is 5.95 Å². The molecule has 2 atom stereocenters. The molecule has 6 nitrogen and oxygen atoms in total. The smallest absolute Gasteiger partial charge is 0.453 e. The van der Waals surface area contributed by atoms with E-state index < -0.39 is 29.7 Å². The van der Waals surface area contributed by atoms with Gasteiger partial charge in [0, 0.05) is 23.8 Å². The highest BCUT2D eigenvalue weighted by atomic mass is 19.4. The van der Waals surface area contributed by atoms with Crippen LogP contribution in [0, 0.1) is 11.6 Å². The molecule has 1 N–H and O–H groups in total. The summed E-state index contributed by atoms with van der Waals surface area (Å²) in [4.78, 5) is 16.9. The Morgan fingerprint density at radius 1 is 1.03 bits per heavy atom. The Kier molecular flexibility index (Phi) is 5.14. The molecule has 176 valence electrons. The van der Waals surface area contributed by atoms with Gasteiger partial charge in [0.15, 0.2) is 5.78 Å². The number of carbonyl (C=O) groups excluding carboxylic acids is 1. The predicted octanol–water partition coefficient (Wildman–Crippen LogP) is 5.00. The van der Waals surface area contributed by atoms with Crippen LogP contribution in [-0.4, -0.2) is 27.7 Å². The number of allylic oxidation sites excluding steroid dienone is 2. The molecule has 5 rings (SSSR count). The average molecular weight is 476 g/mol. The summed E-state index contributed by atoms with van der Waals surface area (Å²) < 4.78 is 74.1. The van der Waals surface area contributed by atoms with Crippen LogP contribution in [0.1, 0.15) is 41.8 Å². The third-order valence-corrected chi connectivity index (χ3v) is 5.96. The summed E-state index contributed by atoms with van der Waals surface area (Å²) in [6, 6.07) is 8.47. The summed E-state index contributed by atoms with van der Waals surface area (Å²) in [5.41, 5.74) is 1.27. The Labute approximate surface area is 190 Å². The van der Waals surface area contributed by atoms with Crippen LogP contribution in [0.4, 0.5) is 27.9 Å². The zero-order chi connectivity index (χ0) is 24.2. The van der Waals surface area contributed by atoms with Gasteiger partial charge in [-0.1, -0.05) is 12.1 Å². The number of methoxy groups -OCH3 is 1. The van der Waals surface area contributed by atoms with E-state index in [1.807, 2.05) is 12.1 Å². The molecule has 2 aliphatic rings. The number of carbonyl (C=O) groups is 1. The number of Topliss-reactive ketones (excluding diaryl/α,β-unsaturated/α-hetero) is 1. The molecule has 2 unspecified atom stereocenters. The van der Waals surface area contributed by atoms with Crippen molar-refractivity contribution in [2.75, 3.05) is 12.4 Å². The molecule has 0 saturated heterocycles. The van der Waals surface area contributed by atoms with E-state index >= 15 is 0 Å². The zero-order valence-corrected chi connectivity index (χ0v) is 17.7. The summed E-state index contributed by atoms with van der Waals surface area (Å²) in [5, 5.41) is 6.34. The first-order chi connectivity index (χ1) is 16.1. The Hall–Kier alpha value is -3.76. The van der Waals surface area contributed by atoms with Crippen LogP contribution in [0.5, 0.6) is 5.75 Å². The number of rotatable bonds is 3. The quantitative estimate of drug-likeness (QED) is 0.539. The standard InChI is InChI=1S/C23H17F5N4O2/c1-34-16-4-2-11(3-5-16)12-8-17-19(18(33)9-12)20(13-6-14(24)10-15(25)7-13)32-22(29-17)30-21(31-32)23(26,27)28/h2-7,10,12,20H,8-9H2,1H3,(H,29,30,31). The fraction of sp³-hybridized carbons (Fsp3) is 0.261. The molecule has 3 aromatic rings. The van der Waals surface area contributed by atoms with Crippen molar-refractivity contribution in [3.63, 3.8) is 0 Å². The van der Waals surface area contributed by atoms with Crippen LogP contribution in [0.2, 0.25) is 0 Å². The zero-order valence-electron chi connectivity index (χ0n) is 17.7. The van der Waals surface area contributed by atoms with Crippen molar-refractivity contribution < 1.29 is 31.5 Å². The number of benzene rings is 2. The maximum Gasteiger partial charge on any atom is 0.453 e. The second-order valence-corrected chi connectivity index (χ2v) is 8.13. The number of ether oxygens (including phenoxy) is 1. The van der Waals surface area contributed by atoms with E-state index in [1.165, 1.54) is 7.11 Å². The van der Waals surface area contributed by atoms with Gasteiger partial charge >= 0.3 is 6.18 Å². The topological polar surface area (TPSA) is 69.0 Å². The fourth-order valence-corrected chi connectivity index (χ4v) is 4.49. The molecular formula is C23H17F5N4O2. The highest BCUT2D eigenvalue weighted by molar-refractivity contribution is 6.00. The maximum atomic E-state index is 14.0. The number of halogens is 5. The monoisotopic (exact) mass is 476 g/mol. The normalized spacial score (nSPS) is 20.0. The Morgan fingerprint density at radius 3 is 2.32 bits per heavy atom. The van der Waals surface area contributed by atoms with E-state index in [0.717, 1.165) is 22.4 Å². The number of hydrogen-bond donors (Lipinski definition) is 1. The van der Waals surface area contributed by atoms with E-state index in [0.29, 0.717) is 17.5 Å². The summed E-state index contributed by atoms with van der Waals surface area (Å²) in [7, 11) is 1.53. The van der Waals surface area contributed by atoms with Crippen molar-refractivity contribution in [1.29, 1.82) is 0 Å². The number of nitrogens with one attached hydrogen (secondary N) is 1. The van der Waals surface area contributed by atoms with Crippen molar-refractivity contribution in [1.82, 2.24) is 14.8 Å². The number of aromatic nitrogens is 3. The van der Waals surface area contributed by atoms with Crippen molar-refractivity contribution in [3.8, 4) is 5.75 Å². The second-order valence-electron chi connectivity index (χ2n) is 8.13. The van der Waals surface area contributed by atoms with E-state index in [4.69, 9.17) is 4.74 Å². The van der Waals surface area contributed by atoms with Crippen molar-refractivity contribution in [3.05, 3.63) is 82.3 Å². The first-order valence-corrected chi connectivity index (χ1v) is 10.3. The molecule has 1 aliphatic heterocycles. The van der Waals surface area contributed by atoms with E-state index in [9.17, 15) is 26.7 Å². The number of fused-ring (bicyclic) bond motifs is 1. The van der Waals surface area contributed by atoms with Gasteiger partial charge in [0.1, 0.15) is 23.4 Å². The van der Waals surface area contributed by atoms with Crippen LogP contribution < -0.4 is 10.1 Å². The molecule has 1 aromatic heterocycles. The van der Waals surface area contributed by atoms with Gasteiger partial charge in [-0.3, -0.25) is 4.79 Å². The van der Waals surface area contributed by atoms with Crippen LogP contribution in [0.15, 0.2) is 53.7 Å². The van der Waals surface area contributed by atoms with Gasteiger partial charge in [0.25, 0.3) is 5.82 Å². The third kappa shape index (κ3) is 3.80. The predicted molar refractivity (Wildman–Crippen MR) is 110 cm³/mol. The van der Waals surface area contributed by atoms with Gasteiger partial charge in [-0.15, -0.1) is 5.10 Å². The van der Waals surface area contributed by atoms with Crippen molar-refractivity contribution in [2.24, 2.45) is 0 Å². The van der Waals surface area contributed by atoms with Crippen LogP contribution in [-0.2, 0) is 11.0 Å². The Morgan fingerprint density at radius 2 is 1.71 bits per heavy atom. The van der Waals surface area contributed by atoms with E-state index in [-0.39, 0.29) is 41.6 Å². The van der Waals surface area contributed by atoms with Crippen LogP contribution in [0.3, 0.4) is 0 Å². The summed E-state index contributed by atoms with van der Waals surface area (Å²) in [6.45, 7) is 0. The number of anilines is 1. The molecular weight excluding hydrogens is 459 g/mol. The average Bonchev–Trinajstić information content (AvgIpc) is 3.21. The van der Waals surface area contributed by atoms with Gasteiger partial charge in [0.05, 0.1) is 7.11 Å². The number of alkyl halides is 3. The Balaban J connectivity index is 1.62. The molecule has 0 fully saturated rings. The molecule has 2 aromatic carbocycles. The van der Waals surface area contributed by atoms with Gasteiger partial charge in [-0.2, -0.15) is 18.2 Å². The third-order valence-electron chi connectivity index (χ3n) is 5.96.